The molecule has 1 atom stereocenters. The van der Waals surface area contributed by atoms with Crippen LogP contribution in [0.5, 0.6) is 5.75 Å². The third kappa shape index (κ3) is 2.95. The van der Waals surface area contributed by atoms with Crippen molar-refractivity contribution in [2.45, 2.75) is 6.04 Å². The van der Waals surface area contributed by atoms with E-state index in [9.17, 15) is 0 Å². The molecule has 1 aliphatic rings. The number of piperazine rings is 1. The van der Waals surface area contributed by atoms with Gasteiger partial charge in [-0.2, -0.15) is 0 Å². The predicted molar refractivity (Wildman–Crippen MR) is 75.8 cm³/mol. The zero-order chi connectivity index (χ0) is 12.9. The van der Waals surface area contributed by atoms with Crippen LogP contribution in [0.1, 0.15) is 11.6 Å². The van der Waals surface area contributed by atoms with Gasteiger partial charge >= 0.3 is 0 Å². The standard InChI is InChI=1S/C16H18N2O/c1-3-7-14(8-4-1)16-13-17-11-12-18(16)19-15-9-5-2-6-10-15/h1-10,16-17H,11-13H2. The molecule has 0 amide bonds. The smallest absolute Gasteiger partial charge is 0.147 e. The van der Waals surface area contributed by atoms with E-state index >= 15 is 0 Å². The topological polar surface area (TPSA) is 24.5 Å². The fraction of sp³-hybridized carbons (Fsp3) is 0.250. The van der Waals surface area contributed by atoms with Crippen molar-refractivity contribution in [1.82, 2.24) is 10.4 Å². The molecule has 98 valence electrons. The fourth-order valence-corrected chi connectivity index (χ4v) is 2.37. The first-order chi connectivity index (χ1) is 9.43. The van der Waals surface area contributed by atoms with Gasteiger partial charge in [-0.15, -0.1) is 5.06 Å². The van der Waals surface area contributed by atoms with Gasteiger partial charge in [-0.05, 0) is 17.7 Å². The Hall–Kier alpha value is -1.84. The summed E-state index contributed by atoms with van der Waals surface area (Å²) in [5.74, 6) is 0.894. The largest absolute Gasteiger partial charge is 0.405 e. The predicted octanol–water partition coefficient (Wildman–Crippen LogP) is 2.63. The van der Waals surface area contributed by atoms with Crippen LogP contribution < -0.4 is 10.2 Å². The highest BCUT2D eigenvalue weighted by molar-refractivity contribution is 5.22. The molecule has 1 fully saturated rings. The van der Waals surface area contributed by atoms with Crippen molar-refractivity contribution in [1.29, 1.82) is 0 Å². The molecule has 0 saturated carbocycles. The Morgan fingerprint density at radius 3 is 2.37 bits per heavy atom. The van der Waals surface area contributed by atoms with Crippen LogP contribution in [0.4, 0.5) is 0 Å². The summed E-state index contributed by atoms with van der Waals surface area (Å²) in [6, 6.07) is 20.7. The van der Waals surface area contributed by atoms with Crippen molar-refractivity contribution >= 4 is 0 Å². The van der Waals surface area contributed by atoms with E-state index in [2.05, 4.69) is 34.6 Å². The third-order valence-corrected chi connectivity index (χ3v) is 3.34. The first-order valence-electron chi connectivity index (χ1n) is 6.69. The van der Waals surface area contributed by atoms with Crippen LogP contribution in [0.2, 0.25) is 0 Å². The molecule has 1 N–H and O–H groups in total. The highest BCUT2D eigenvalue weighted by Gasteiger charge is 2.25. The van der Waals surface area contributed by atoms with E-state index in [-0.39, 0.29) is 6.04 Å². The number of hydrogen-bond donors (Lipinski definition) is 1. The maximum absolute atomic E-state index is 6.02. The number of hydroxylamine groups is 2. The Morgan fingerprint density at radius 2 is 1.63 bits per heavy atom. The maximum atomic E-state index is 6.02. The van der Waals surface area contributed by atoms with Crippen molar-refractivity contribution in [3.63, 3.8) is 0 Å². The summed E-state index contributed by atoms with van der Waals surface area (Å²) in [5, 5.41) is 5.50. The summed E-state index contributed by atoms with van der Waals surface area (Å²) >= 11 is 0. The lowest BCUT2D eigenvalue weighted by Crippen LogP contribution is -2.47. The van der Waals surface area contributed by atoms with E-state index in [4.69, 9.17) is 4.84 Å². The minimum Gasteiger partial charge on any atom is -0.405 e. The Kier molecular flexibility index (Phi) is 3.77. The third-order valence-electron chi connectivity index (χ3n) is 3.34. The number of rotatable bonds is 3. The summed E-state index contributed by atoms with van der Waals surface area (Å²) in [7, 11) is 0. The molecule has 0 bridgehead atoms. The molecule has 0 aliphatic carbocycles. The van der Waals surface area contributed by atoms with Crippen LogP contribution in [0, 0.1) is 0 Å². The lowest BCUT2D eigenvalue weighted by atomic mass is 10.1. The van der Waals surface area contributed by atoms with Gasteiger partial charge in [-0.25, -0.2) is 0 Å². The number of benzene rings is 2. The molecule has 1 aliphatic heterocycles. The molecule has 0 spiro atoms. The average molecular weight is 254 g/mol. The van der Waals surface area contributed by atoms with Crippen LogP contribution in [-0.4, -0.2) is 24.7 Å². The second-order valence-corrected chi connectivity index (χ2v) is 4.68. The van der Waals surface area contributed by atoms with Crippen molar-refractivity contribution in [3.8, 4) is 5.75 Å². The molecule has 3 nitrogen and oxygen atoms in total. The monoisotopic (exact) mass is 254 g/mol. The van der Waals surface area contributed by atoms with Gasteiger partial charge in [0.05, 0.1) is 6.04 Å². The molecular weight excluding hydrogens is 236 g/mol. The van der Waals surface area contributed by atoms with Gasteiger partial charge < -0.3 is 10.2 Å². The molecule has 2 aromatic carbocycles. The quantitative estimate of drug-likeness (QED) is 0.911. The minimum absolute atomic E-state index is 0.259. The first-order valence-corrected chi connectivity index (χ1v) is 6.69. The molecule has 0 radical (unpaired) electrons. The summed E-state index contributed by atoms with van der Waals surface area (Å²) in [6.45, 7) is 2.75. The first kappa shape index (κ1) is 12.2. The normalized spacial score (nSPS) is 20.1. The molecule has 1 saturated heterocycles. The van der Waals surface area contributed by atoms with Crippen LogP contribution in [0.3, 0.4) is 0 Å². The summed E-state index contributed by atoms with van der Waals surface area (Å²) in [6.07, 6.45) is 0. The van der Waals surface area contributed by atoms with Gasteiger partial charge in [-0.3, -0.25) is 0 Å². The summed E-state index contributed by atoms with van der Waals surface area (Å²) in [4.78, 5) is 6.02. The second kappa shape index (κ2) is 5.87. The van der Waals surface area contributed by atoms with Gasteiger partial charge in [0.1, 0.15) is 5.75 Å². The van der Waals surface area contributed by atoms with Crippen LogP contribution >= 0.6 is 0 Å². The fourth-order valence-electron chi connectivity index (χ4n) is 2.37. The molecule has 19 heavy (non-hydrogen) atoms. The van der Waals surface area contributed by atoms with Gasteiger partial charge in [0, 0.05) is 19.6 Å². The number of hydrogen-bond acceptors (Lipinski definition) is 3. The summed E-state index contributed by atoms with van der Waals surface area (Å²) < 4.78 is 0. The Labute approximate surface area is 113 Å². The van der Waals surface area contributed by atoms with Gasteiger partial charge in [0.15, 0.2) is 0 Å². The van der Waals surface area contributed by atoms with Crippen LogP contribution in [0.15, 0.2) is 60.7 Å². The van der Waals surface area contributed by atoms with E-state index in [1.165, 1.54) is 5.56 Å². The second-order valence-electron chi connectivity index (χ2n) is 4.68. The van der Waals surface area contributed by atoms with E-state index in [0.29, 0.717) is 0 Å². The van der Waals surface area contributed by atoms with Crippen molar-refractivity contribution < 1.29 is 4.84 Å². The molecule has 0 aromatic heterocycles. The van der Waals surface area contributed by atoms with E-state index in [1.54, 1.807) is 0 Å². The van der Waals surface area contributed by atoms with Crippen molar-refractivity contribution in [2.75, 3.05) is 19.6 Å². The SMILES string of the molecule is c1ccc(ON2CCNCC2c2ccccc2)cc1. The Morgan fingerprint density at radius 1 is 0.947 bits per heavy atom. The van der Waals surface area contributed by atoms with Crippen LogP contribution in [-0.2, 0) is 0 Å². The Balaban J connectivity index is 1.78. The number of nitrogens with one attached hydrogen (secondary N) is 1. The number of nitrogens with zero attached hydrogens (tertiary/aromatic N) is 1. The van der Waals surface area contributed by atoms with E-state index in [1.807, 2.05) is 36.4 Å². The highest BCUT2D eigenvalue weighted by Crippen LogP contribution is 2.23. The summed E-state index contributed by atoms with van der Waals surface area (Å²) in [5.41, 5.74) is 1.28. The Bertz CT molecular complexity index is 501. The molecule has 3 rings (SSSR count). The number of para-hydroxylation sites is 1. The lowest BCUT2D eigenvalue weighted by Gasteiger charge is -2.35. The molecule has 1 heterocycles. The highest BCUT2D eigenvalue weighted by atomic mass is 16.7. The molecular formula is C16H18N2O. The molecule has 3 heteroatoms. The van der Waals surface area contributed by atoms with Gasteiger partial charge in [0.25, 0.3) is 0 Å². The maximum Gasteiger partial charge on any atom is 0.147 e. The molecule has 1 unspecified atom stereocenters. The van der Waals surface area contributed by atoms with Crippen LogP contribution in [0.25, 0.3) is 0 Å². The van der Waals surface area contributed by atoms with Crippen molar-refractivity contribution in [3.05, 3.63) is 66.2 Å². The van der Waals surface area contributed by atoms with E-state index in [0.717, 1.165) is 25.4 Å². The lowest BCUT2D eigenvalue weighted by molar-refractivity contribution is -0.108. The average Bonchev–Trinajstić information content (AvgIpc) is 2.50. The zero-order valence-electron chi connectivity index (χ0n) is 10.8. The molecule has 2 aromatic rings. The minimum atomic E-state index is 0.259. The zero-order valence-corrected chi connectivity index (χ0v) is 10.8. The van der Waals surface area contributed by atoms with Crippen molar-refractivity contribution in [2.24, 2.45) is 0 Å². The van der Waals surface area contributed by atoms with E-state index < -0.39 is 0 Å². The van der Waals surface area contributed by atoms with Gasteiger partial charge in [-0.1, -0.05) is 48.5 Å². The van der Waals surface area contributed by atoms with Gasteiger partial charge in [0.2, 0.25) is 0 Å².